The van der Waals surface area contributed by atoms with Crippen LogP contribution in [0.1, 0.15) is 13.3 Å². The zero-order valence-electron chi connectivity index (χ0n) is 6.45. The minimum atomic E-state index is -0.456. The summed E-state index contributed by atoms with van der Waals surface area (Å²) in [6, 6.07) is 0. The van der Waals surface area contributed by atoms with Gasteiger partial charge in [0, 0.05) is 6.61 Å². The van der Waals surface area contributed by atoms with Crippen LogP contribution in [0.5, 0.6) is 0 Å². The van der Waals surface area contributed by atoms with Crippen LogP contribution in [-0.2, 0) is 14.3 Å². The van der Waals surface area contributed by atoms with Crippen molar-refractivity contribution in [3.05, 3.63) is 0 Å². The van der Waals surface area contributed by atoms with Gasteiger partial charge < -0.3 is 14.6 Å². The molecule has 64 valence electrons. The largest absolute Gasteiger partial charge is 0.457 e. The summed E-state index contributed by atoms with van der Waals surface area (Å²) in [5.41, 5.74) is 0. The average molecular weight is 160 g/mol. The van der Waals surface area contributed by atoms with E-state index < -0.39 is 6.10 Å². The van der Waals surface area contributed by atoms with Crippen LogP contribution in [-0.4, -0.2) is 36.5 Å². The Balaban J connectivity index is 2.43. The molecule has 1 aliphatic heterocycles. The van der Waals surface area contributed by atoms with Gasteiger partial charge in [-0.2, -0.15) is 0 Å². The molecule has 1 saturated heterocycles. The highest BCUT2D eigenvalue weighted by Gasteiger charge is 2.34. The summed E-state index contributed by atoms with van der Waals surface area (Å²) in [4.78, 5) is 10.7. The maximum atomic E-state index is 10.7. The molecule has 1 rings (SSSR count). The molecule has 0 saturated carbocycles. The molecular formula is C7H12O4. The van der Waals surface area contributed by atoms with Crippen molar-refractivity contribution in [1.82, 2.24) is 0 Å². The number of hydrogen-bond acceptors (Lipinski definition) is 4. The van der Waals surface area contributed by atoms with E-state index in [9.17, 15) is 4.79 Å². The van der Waals surface area contributed by atoms with Crippen LogP contribution in [0.4, 0.5) is 0 Å². The third-order valence-corrected chi connectivity index (χ3v) is 1.63. The first-order chi connectivity index (χ1) is 5.27. The summed E-state index contributed by atoms with van der Waals surface area (Å²) in [7, 11) is 0. The molecule has 0 spiro atoms. The molecule has 0 amide bonds. The fraction of sp³-hybridized carbons (Fsp3) is 0.857. The Morgan fingerprint density at radius 1 is 1.82 bits per heavy atom. The quantitative estimate of drug-likeness (QED) is 0.576. The molecule has 1 N–H and O–H groups in total. The van der Waals surface area contributed by atoms with Crippen molar-refractivity contribution in [2.45, 2.75) is 25.6 Å². The number of ether oxygens (including phenoxy) is 2. The predicted octanol–water partition coefficient (Wildman–Crippen LogP) is -0.301. The van der Waals surface area contributed by atoms with Gasteiger partial charge in [-0.3, -0.25) is 4.79 Å². The smallest absolute Gasteiger partial charge is 0.309 e. The fourth-order valence-corrected chi connectivity index (χ4v) is 1.12. The van der Waals surface area contributed by atoms with Crippen LogP contribution >= 0.6 is 0 Å². The number of aliphatic hydroxyl groups is 1. The first kappa shape index (κ1) is 8.49. The van der Waals surface area contributed by atoms with Gasteiger partial charge in [0.1, 0.15) is 6.10 Å². The Morgan fingerprint density at radius 2 is 2.55 bits per heavy atom. The van der Waals surface area contributed by atoms with E-state index in [4.69, 9.17) is 14.6 Å². The average Bonchev–Trinajstić information content (AvgIpc) is 2.32. The lowest BCUT2D eigenvalue weighted by atomic mass is 10.2. The first-order valence-corrected chi connectivity index (χ1v) is 3.70. The van der Waals surface area contributed by atoms with Gasteiger partial charge in [-0.05, 0) is 6.92 Å². The Labute approximate surface area is 65.1 Å². The summed E-state index contributed by atoms with van der Waals surface area (Å²) >= 11 is 0. The highest BCUT2D eigenvalue weighted by atomic mass is 16.6. The first-order valence-electron chi connectivity index (χ1n) is 3.70. The summed E-state index contributed by atoms with van der Waals surface area (Å²) in [5, 5.41) is 8.72. The predicted molar refractivity (Wildman–Crippen MR) is 37.0 cm³/mol. The minimum Gasteiger partial charge on any atom is -0.457 e. The molecule has 2 unspecified atom stereocenters. The number of rotatable bonds is 3. The van der Waals surface area contributed by atoms with Gasteiger partial charge in [0.25, 0.3) is 0 Å². The zero-order valence-corrected chi connectivity index (χ0v) is 6.45. The highest BCUT2D eigenvalue weighted by molar-refractivity contribution is 5.72. The van der Waals surface area contributed by atoms with E-state index in [2.05, 4.69) is 0 Å². The normalized spacial score (nSPS) is 30.5. The summed E-state index contributed by atoms with van der Waals surface area (Å²) in [6.07, 6.45) is -0.445. The summed E-state index contributed by atoms with van der Waals surface area (Å²) in [5.74, 6) is -0.289. The standard InChI is InChI=1S/C7H12O4/c1-2-10-5-3-7(9)11-6(5)4-8/h5-6,8H,2-4H2,1H3. The molecule has 0 radical (unpaired) electrons. The molecule has 2 atom stereocenters. The monoisotopic (exact) mass is 160 g/mol. The van der Waals surface area contributed by atoms with Gasteiger partial charge in [0.05, 0.1) is 13.0 Å². The van der Waals surface area contributed by atoms with Crippen molar-refractivity contribution < 1.29 is 19.4 Å². The molecule has 0 aromatic rings. The van der Waals surface area contributed by atoms with Crippen molar-refractivity contribution in [2.75, 3.05) is 13.2 Å². The van der Waals surface area contributed by atoms with Crippen LogP contribution in [0.3, 0.4) is 0 Å². The zero-order chi connectivity index (χ0) is 8.27. The Hall–Kier alpha value is -0.610. The molecule has 4 nitrogen and oxygen atoms in total. The molecule has 1 aliphatic rings. The minimum absolute atomic E-state index is 0.156. The van der Waals surface area contributed by atoms with Crippen molar-refractivity contribution in [3.63, 3.8) is 0 Å². The molecular weight excluding hydrogens is 148 g/mol. The number of cyclic esters (lactones) is 1. The van der Waals surface area contributed by atoms with E-state index >= 15 is 0 Å². The second kappa shape index (κ2) is 3.69. The van der Waals surface area contributed by atoms with Crippen molar-refractivity contribution in [3.8, 4) is 0 Å². The van der Waals surface area contributed by atoms with Crippen LogP contribution in [0.2, 0.25) is 0 Å². The van der Waals surface area contributed by atoms with Crippen molar-refractivity contribution >= 4 is 5.97 Å². The Bertz CT molecular complexity index is 145. The molecule has 0 aromatic heterocycles. The van der Waals surface area contributed by atoms with Gasteiger partial charge in [-0.1, -0.05) is 0 Å². The van der Waals surface area contributed by atoms with Crippen LogP contribution < -0.4 is 0 Å². The van der Waals surface area contributed by atoms with Crippen LogP contribution in [0.15, 0.2) is 0 Å². The van der Waals surface area contributed by atoms with Crippen LogP contribution in [0.25, 0.3) is 0 Å². The molecule has 0 aliphatic carbocycles. The molecule has 0 aromatic carbocycles. The van der Waals surface area contributed by atoms with Gasteiger partial charge >= 0.3 is 5.97 Å². The van der Waals surface area contributed by atoms with E-state index in [1.807, 2.05) is 6.92 Å². The summed E-state index contributed by atoms with van der Waals surface area (Å²) < 4.78 is 9.93. The van der Waals surface area contributed by atoms with E-state index in [0.29, 0.717) is 6.61 Å². The maximum Gasteiger partial charge on any atom is 0.309 e. The topological polar surface area (TPSA) is 55.8 Å². The number of aliphatic hydroxyl groups excluding tert-OH is 1. The van der Waals surface area contributed by atoms with E-state index in [0.717, 1.165) is 0 Å². The number of hydrogen-bond donors (Lipinski definition) is 1. The molecule has 11 heavy (non-hydrogen) atoms. The Morgan fingerprint density at radius 3 is 3.09 bits per heavy atom. The second-order valence-electron chi connectivity index (χ2n) is 2.41. The van der Waals surface area contributed by atoms with E-state index in [1.54, 1.807) is 0 Å². The molecule has 1 fully saturated rings. The number of carbonyl (C=O) groups is 1. The lowest BCUT2D eigenvalue weighted by Gasteiger charge is -2.13. The number of carbonyl (C=O) groups excluding carboxylic acids is 1. The van der Waals surface area contributed by atoms with Crippen LogP contribution in [0, 0.1) is 0 Å². The van der Waals surface area contributed by atoms with Gasteiger partial charge in [0.15, 0.2) is 6.10 Å². The lowest BCUT2D eigenvalue weighted by Crippen LogP contribution is -2.27. The SMILES string of the molecule is CCOC1CC(=O)OC1CO. The highest BCUT2D eigenvalue weighted by Crippen LogP contribution is 2.17. The molecule has 4 heteroatoms. The Kier molecular flexibility index (Phi) is 2.84. The third-order valence-electron chi connectivity index (χ3n) is 1.63. The second-order valence-corrected chi connectivity index (χ2v) is 2.41. The van der Waals surface area contributed by atoms with E-state index in [1.165, 1.54) is 0 Å². The summed E-state index contributed by atoms with van der Waals surface area (Å²) in [6.45, 7) is 2.23. The van der Waals surface area contributed by atoms with Gasteiger partial charge in [-0.25, -0.2) is 0 Å². The number of esters is 1. The maximum absolute atomic E-state index is 10.7. The van der Waals surface area contributed by atoms with Crippen molar-refractivity contribution in [1.29, 1.82) is 0 Å². The van der Waals surface area contributed by atoms with Gasteiger partial charge in [0.2, 0.25) is 0 Å². The third kappa shape index (κ3) is 1.91. The van der Waals surface area contributed by atoms with Gasteiger partial charge in [-0.15, -0.1) is 0 Å². The lowest BCUT2D eigenvalue weighted by molar-refractivity contribution is -0.143. The van der Waals surface area contributed by atoms with E-state index in [-0.39, 0.29) is 25.1 Å². The molecule has 0 bridgehead atoms. The fourth-order valence-electron chi connectivity index (χ4n) is 1.12. The van der Waals surface area contributed by atoms with Crippen molar-refractivity contribution in [2.24, 2.45) is 0 Å². The molecule has 1 heterocycles.